The molecule has 1 fully saturated rings. The van der Waals surface area contributed by atoms with E-state index in [4.69, 9.17) is 9.47 Å². The highest BCUT2D eigenvalue weighted by atomic mass is 16.5. The van der Waals surface area contributed by atoms with Gasteiger partial charge in [-0.15, -0.1) is 6.58 Å². The average molecular weight is 346 g/mol. The number of ether oxygens (including phenoxy) is 2. The van der Waals surface area contributed by atoms with E-state index in [0.717, 1.165) is 5.57 Å². The standard InChI is InChI=1S/C20H26O5/c1-7-8-13-12(3)16(10-15(13)21)25-19(23)17-14(20(17,4)5)9-11(2)18(22)24-6/h7,9,14,16-17H,1,8,10H2,2-6H3/b11-9+. The molecular formula is C20H26O5. The smallest absolute Gasteiger partial charge is 0.333 e. The second-order valence-corrected chi connectivity index (χ2v) is 7.37. The molecule has 136 valence electrons. The fourth-order valence-corrected chi connectivity index (χ4v) is 3.56. The van der Waals surface area contributed by atoms with E-state index in [1.165, 1.54) is 7.11 Å². The lowest BCUT2D eigenvalue weighted by atomic mass is 10.1. The first-order chi connectivity index (χ1) is 11.6. The Balaban J connectivity index is 2.08. The highest BCUT2D eigenvalue weighted by molar-refractivity contribution is 6.00. The van der Waals surface area contributed by atoms with E-state index in [0.29, 0.717) is 17.6 Å². The quantitative estimate of drug-likeness (QED) is 0.420. The molecule has 3 atom stereocenters. The van der Waals surface area contributed by atoms with Crippen LogP contribution in [0.1, 0.15) is 40.5 Å². The molecule has 0 aromatic heterocycles. The SMILES string of the molecule is C=CCC1=C(C)C(OC(=O)C2C(/C=C(\C)C(=O)OC)C2(C)C)CC1=O. The minimum absolute atomic E-state index is 0.0169. The molecule has 0 aliphatic heterocycles. The average Bonchev–Trinajstić information content (AvgIpc) is 2.99. The summed E-state index contributed by atoms with van der Waals surface area (Å²) in [4.78, 5) is 36.2. The predicted molar refractivity (Wildman–Crippen MR) is 93.6 cm³/mol. The van der Waals surface area contributed by atoms with Gasteiger partial charge in [-0.1, -0.05) is 26.0 Å². The summed E-state index contributed by atoms with van der Waals surface area (Å²) in [6.45, 7) is 11.1. The van der Waals surface area contributed by atoms with Gasteiger partial charge in [0.15, 0.2) is 5.78 Å². The third-order valence-electron chi connectivity index (χ3n) is 5.37. The molecule has 0 aromatic carbocycles. The van der Waals surface area contributed by atoms with Crippen molar-refractivity contribution < 1.29 is 23.9 Å². The Bertz CT molecular complexity index is 680. The maximum absolute atomic E-state index is 12.6. The Morgan fingerprint density at radius 1 is 1.36 bits per heavy atom. The largest absolute Gasteiger partial charge is 0.466 e. The van der Waals surface area contributed by atoms with Gasteiger partial charge in [0.1, 0.15) is 6.10 Å². The molecule has 5 heteroatoms. The van der Waals surface area contributed by atoms with E-state index >= 15 is 0 Å². The van der Waals surface area contributed by atoms with E-state index in [2.05, 4.69) is 6.58 Å². The van der Waals surface area contributed by atoms with E-state index < -0.39 is 12.1 Å². The maximum Gasteiger partial charge on any atom is 0.333 e. The first kappa shape index (κ1) is 19.2. The lowest BCUT2D eigenvalue weighted by Crippen LogP contribution is -2.20. The third-order valence-corrected chi connectivity index (χ3v) is 5.37. The van der Waals surface area contributed by atoms with Gasteiger partial charge in [0.05, 0.1) is 19.4 Å². The Morgan fingerprint density at radius 2 is 2.00 bits per heavy atom. The van der Waals surface area contributed by atoms with E-state index in [1.54, 1.807) is 19.1 Å². The van der Waals surface area contributed by atoms with Crippen LogP contribution in [0.3, 0.4) is 0 Å². The molecule has 25 heavy (non-hydrogen) atoms. The number of hydrogen-bond acceptors (Lipinski definition) is 5. The van der Waals surface area contributed by atoms with Crippen molar-refractivity contribution in [3.05, 3.63) is 35.5 Å². The van der Waals surface area contributed by atoms with Crippen molar-refractivity contribution in [1.82, 2.24) is 0 Å². The van der Waals surface area contributed by atoms with E-state index in [-0.39, 0.29) is 35.4 Å². The van der Waals surface area contributed by atoms with Gasteiger partial charge in [-0.3, -0.25) is 9.59 Å². The summed E-state index contributed by atoms with van der Waals surface area (Å²) in [5.41, 5.74) is 1.71. The highest BCUT2D eigenvalue weighted by Crippen LogP contribution is 2.60. The normalized spacial score (nSPS) is 28.0. The molecule has 0 N–H and O–H groups in total. The number of rotatable bonds is 6. The topological polar surface area (TPSA) is 69.7 Å². The van der Waals surface area contributed by atoms with Crippen molar-refractivity contribution in [3.63, 3.8) is 0 Å². The number of carbonyl (C=O) groups excluding carboxylic acids is 3. The summed E-state index contributed by atoms with van der Waals surface area (Å²) in [5, 5.41) is 0. The van der Waals surface area contributed by atoms with Crippen molar-refractivity contribution in [2.75, 3.05) is 7.11 Å². The number of methoxy groups -OCH3 is 1. The first-order valence-corrected chi connectivity index (χ1v) is 8.46. The van der Waals surface area contributed by atoms with Gasteiger partial charge in [0.2, 0.25) is 0 Å². The Hall–Kier alpha value is -2.17. The summed E-state index contributed by atoms with van der Waals surface area (Å²) in [6, 6.07) is 0. The van der Waals surface area contributed by atoms with Gasteiger partial charge in [-0.05, 0) is 37.2 Å². The summed E-state index contributed by atoms with van der Waals surface area (Å²) in [6.07, 6.45) is 3.68. The maximum atomic E-state index is 12.6. The van der Waals surface area contributed by atoms with Gasteiger partial charge < -0.3 is 9.47 Å². The minimum atomic E-state index is -0.488. The van der Waals surface area contributed by atoms with Crippen molar-refractivity contribution in [2.45, 2.75) is 46.6 Å². The molecule has 2 rings (SSSR count). The monoisotopic (exact) mass is 346 g/mol. The van der Waals surface area contributed by atoms with Crippen molar-refractivity contribution >= 4 is 17.7 Å². The molecule has 2 aliphatic rings. The molecule has 0 bridgehead atoms. The van der Waals surface area contributed by atoms with Crippen LogP contribution in [0.15, 0.2) is 35.5 Å². The third kappa shape index (κ3) is 3.60. The fraction of sp³-hybridized carbons (Fsp3) is 0.550. The zero-order valence-corrected chi connectivity index (χ0v) is 15.5. The molecule has 2 aliphatic carbocycles. The fourth-order valence-electron chi connectivity index (χ4n) is 3.56. The van der Waals surface area contributed by atoms with Crippen LogP contribution in [0.4, 0.5) is 0 Å². The summed E-state index contributed by atoms with van der Waals surface area (Å²) in [5.74, 6) is -1.10. The Morgan fingerprint density at radius 3 is 2.56 bits per heavy atom. The number of ketones is 1. The molecule has 0 amide bonds. The summed E-state index contributed by atoms with van der Waals surface area (Å²) >= 11 is 0. The molecule has 0 aromatic rings. The van der Waals surface area contributed by atoms with Crippen LogP contribution in [-0.4, -0.2) is 30.9 Å². The van der Waals surface area contributed by atoms with Gasteiger partial charge in [-0.2, -0.15) is 0 Å². The van der Waals surface area contributed by atoms with E-state index in [1.807, 2.05) is 20.8 Å². The van der Waals surface area contributed by atoms with Gasteiger partial charge in [-0.25, -0.2) is 4.79 Å². The van der Waals surface area contributed by atoms with Crippen LogP contribution < -0.4 is 0 Å². The van der Waals surface area contributed by atoms with Crippen molar-refractivity contribution in [3.8, 4) is 0 Å². The number of esters is 2. The van der Waals surface area contributed by atoms with Crippen LogP contribution in [0.2, 0.25) is 0 Å². The molecule has 0 spiro atoms. The van der Waals surface area contributed by atoms with Crippen molar-refractivity contribution in [2.24, 2.45) is 17.3 Å². The lowest BCUT2D eigenvalue weighted by molar-refractivity contribution is -0.150. The Labute approximate surface area is 148 Å². The van der Waals surface area contributed by atoms with Crippen LogP contribution >= 0.6 is 0 Å². The van der Waals surface area contributed by atoms with E-state index in [9.17, 15) is 14.4 Å². The van der Waals surface area contributed by atoms with Crippen LogP contribution in [0.5, 0.6) is 0 Å². The summed E-state index contributed by atoms with van der Waals surface area (Å²) < 4.78 is 10.3. The molecule has 5 nitrogen and oxygen atoms in total. The molecule has 0 saturated heterocycles. The zero-order valence-electron chi connectivity index (χ0n) is 15.5. The number of allylic oxidation sites excluding steroid dienone is 3. The first-order valence-electron chi connectivity index (χ1n) is 8.46. The lowest BCUT2D eigenvalue weighted by Gasteiger charge is -2.13. The molecule has 1 saturated carbocycles. The van der Waals surface area contributed by atoms with Crippen LogP contribution in [0, 0.1) is 17.3 Å². The van der Waals surface area contributed by atoms with Crippen LogP contribution in [0.25, 0.3) is 0 Å². The second kappa shape index (κ2) is 6.98. The number of Topliss-reactive ketones (excluding diaryl/α,β-unsaturated/α-hetero) is 1. The molecule has 0 heterocycles. The van der Waals surface area contributed by atoms with Crippen molar-refractivity contribution in [1.29, 1.82) is 0 Å². The van der Waals surface area contributed by atoms with Crippen LogP contribution in [-0.2, 0) is 23.9 Å². The number of hydrogen-bond donors (Lipinski definition) is 0. The second-order valence-electron chi connectivity index (χ2n) is 7.37. The summed E-state index contributed by atoms with van der Waals surface area (Å²) in [7, 11) is 1.33. The molecule has 3 unspecified atom stereocenters. The highest BCUT2D eigenvalue weighted by Gasteiger charge is 2.62. The number of carbonyl (C=O) groups is 3. The van der Waals surface area contributed by atoms with Gasteiger partial charge in [0.25, 0.3) is 0 Å². The molecular weight excluding hydrogens is 320 g/mol. The zero-order chi connectivity index (χ0) is 18.9. The Kier molecular flexibility index (Phi) is 5.35. The van der Waals surface area contributed by atoms with Gasteiger partial charge >= 0.3 is 11.9 Å². The predicted octanol–water partition coefficient (Wildman–Crippen LogP) is 3.16. The molecule has 0 radical (unpaired) electrons. The minimum Gasteiger partial charge on any atom is -0.466 e. The van der Waals surface area contributed by atoms with Gasteiger partial charge in [0, 0.05) is 11.1 Å².